The van der Waals surface area contributed by atoms with Crippen LogP contribution in [0, 0.1) is 11.8 Å². The van der Waals surface area contributed by atoms with Crippen molar-refractivity contribution in [3.8, 4) is 0 Å². The van der Waals surface area contributed by atoms with Gasteiger partial charge >= 0.3 is 0 Å². The van der Waals surface area contributed by atoms with Gasteiger partial charge in [-0.2, -0.15) is 0 Å². The van der Waals surface area contributed by atoms with Crippen molar-refractivity contribution < 1.29 is 4.74 Å². The van der Waals surface area contributed by atoms with E-state index in [0.717, 1.165) is 11.8 Å². The molecule has 0 aromatic carbocycles. The highest BCUT2D eigenvalue weighted by Gasteiger charge is 2.26. The van der Waals surface area contributed by atoms with Crippen molar-refractivity contribution in [3.05, 3.63) is 0 Å². The van der Waals surface area contributed by atoms with Crippen molar-refractivity contribution in [3.63, 3.8) is 0 Å². The number of piperidine rings is 3. The summed E-state index contributed by atoms with van der Waals surface area (Å²) in [5.74, 6) is 1.89. The Bertz CT molecular complexity index is 328. The second kappa shape index (κ2) is 8.80. The standard InChI is InChI=1S/C19H37N3O/c1-20-9-3-17(4-10-20)15-21-11-5-18(6-12-21)16-22-13-7-19(23-2)8-14-22/h17-19H,3-16H2,1-2H3. The lowest BCUT2D eigenvalue weighted by molar-refractivity contribution is 0.0312. The summed E-state index contributed by atoms with van der Waals surface area (Å²) in [5, 5.41) is 0. The molecule has 0 unspecified atom stereocenters. The van der Waals surface area contributed by atoms with Crippen LogP contribution >= 0.6 is 0 Å². The third-order valence-corrected chi connectivity index (χ3v) is 6.45. The van der Waals surface area contributed by atoms with E-state index in [0.29, 0.717) is 6.10 Å². The summed E-state index contributed by atoms with van der Waals surface area (Å²) in [6.07, 6.45) is 8.61. The topological polar surface area (TPSA) is 19.0 Å². The van der Waals surface area contributed by atoms with Crippen LogP contribution in [-0.2, 0) is 4.74 Å². The highest BCUT2D eigenvalue weighted by Crippen LogP contribution is 2.24. The van der Waals surface area contributed by atoms with Gasteiger partial charge in [-0.1, -0.05) is 0 Å². The van der Waals surface area contributed by atoms with Gasteiger partial charge < -0.3 is 19.4 Å². The minimum atomic E-state index is 0.516. The largest absolute Gasteiger partial charge is 0.381 e. The van der Waals surface area contributed by atoms with E-state index >= 15 is 0 Å². The minimum absolute atomic E-state index is 0.516. The Kier molecular flexibility index (Phi) is 6.75. The van der Waals surface area contributed by atoms with Crippen molar-refractivity contribution >= 4 is 0 Å². The Hall–Kier alpha value is -0.160. The number of methoxy groups -OCH3 is 1. The maximum atomic E-state index is 5.49. The van der Waals surface area contributed by atoms with Gasteiger partial charge in [-0.25, -0.2) is 0 Å². The molecule has 3 aliphatic rings. The molecule has 3 rings (SSSR count). The van der Waals surface area contributed by atoms with Gasteiger partial charge in [0.15, 0.2) is 0 Å². The monoisotopic (exact) mass is 323 g/mol. The van der Waals surface area contributed by atoms with Crippen LogP contribution in [0.1, 0.15) is 38.5 Å². The highest BCUT2D eigenvalue weighted by molar-refractivity contribution is 4.80. The molecular formula is C19H37N3O. The molecule has 0 spiro atoms. The first-order valence-corrected chi connectivity index (χ1v) is 9.89. The van der Waals surface area contributed by atoms with Crippen LogP contribution in [0.4, 0.5) is 0 Å². The molecule has 4 heteroatoms. The van der Waals surface area contributed by atoms with E-state index in [1.54, 1.807) is 0 Å². The summed E-state index contributed by atoms with van der Waals surface area (Å²) in [5.41, 5.74) is 0. The van der Waals surface area contributed by atoms with Gasteiger partial charge in [-0.05, 0) is 83.6 Å². The number of likely N-dealkylation sites (tertiary alicyclic amines) is 3. The second-order valence-electron chi connectivity index (χ2n) is 8.23. The molecule has 0 aromatic rings. The molecule has 0 amide bonds. The number of hydrogen-bond donors (Lipinski definition) is 0. The van der Waals surface area contributed by atoms with Crippen molar-refractivity contribution in [2.24, 2.45) is 11.8 Å². The maximum Gasteiger partial charge on any atom is 0.0595 e. The second-order valence-corrected chi connectivity index (χ2v) is 8.23. The van der Waals surface area contributed by atoms with E-state index in [1.165, 1.54) is 90.9 Å². The molecule has 3 heterocycles. The van der Waals surface area contributed by atoms with Crippen LogP contribution in [0.25, 0.3) is 0 Å². The van der Waals surface area contributed by atoms with Gasteiger partial charge in [-0.3, -0.25) is 0 Å². The maximum absolute atomic E-state index is 5.49. The third kappa shape index (κ3) is 5.42. The molecule has 23 heavy (non-hydrogen) atoms. The van der Waals surface area contributed by atoms with Crippen LogP contribution in [0.2, 0.25) is 0 Å². The average Bonchev–Trinajstić information content (AvgIpc) is 2.59. The Labute approximate surface area is 143 Å². The summed E-state index contributed by atoms with van der Waals surface area (Å²) in [4.78, 5) is 7.92. The van der Waals surface area contributed by atoms with Crippen LogP contribution in [-0.4, -0.2) is 87.3 Å². The smallest absolute Gasteiger partial charge is 0.0595 e. The van der Waals surface area contributed by atoms with Crippen molar-refractivity contribution in [2.45, 2.75) is 44.6 Å². The molecule has 4 nitrogen and oxygen atoms in total. The zero-order valence-corrected chi connectivity index (χ0v) is 15.4. The summed E-state index contributed by atoms with van der Waals surface area (Å²) in [6.45, 7) is 10.5. The number of ether oxygens (including phenoxy) is 1. The van der Waals surface area contributed by atoms with E-state index in [2.05, 4.69) is 21.7 Å². The molecule has 3 saturated heterocycles. The molecule has 0 radical (unpaired) electrons. The first-order valence-electron chi connectivity index (χ1n) is 9.89. The van der Waals surface area contributed by atoms with Crippen molar-refractivity contribution in [2.75, 3.05) is 66.5 Å². The van der Waals surface area contributed by atoms with Crippen LogP contribution < -0.4 is 0 Å². The Morgan fingerprint density at radius 3 is 1.61 bits per heavy atom. The molecule has 0 atom stereocenters. The molecule has 0 aliphatic carbocycles. The van der Waals surface area contributed by atoms with E-state index in [4.69, 9.17) is 4.74 Å². The zero-order valence-electron chi connectivity index (χ0n) is 15.4. The van der Waals surface area contributed by atoms with Crippen molar-refractivity contribution in [1.82, 2.24) is 14.7 Å². The predicted octanol–water partition coefficient (Wildman–Crippen LogP) is 2.15. The fraction of sp³-hybridized carbons (Fsp3) is 1.00. The average molecular weight is 324 g/mol. The van der Waals surface area contributed by atoms with Gasteiger partial charge in [0, 0.05) is 33.3 Å². The fourth-order valence-corrected chi connectivity index (χ4v) is 4.65. The fourth-order valence-electron chi connectivity index (χ4n) is 4.65. The quantitative estimate of drug-likeness (QED) is 0.772. The van der Waals surface area contributed by atoms with Gasteiger partial charge in [0.2, 0.25) is 0 Å². The molecule has 3 aliphatic heterocycles. The Morgan fingerprint density at radius 1 is 0.696 bits per heavy atom. The summed E-state index contributed by atoms with van der Waals surface area (Å²) >= 11 is 0. The number of rotatable bonds is 5. The molecule has 134 valence electrons. The summed E-state index contributed by atoms with van der Waals surface area (Å²) in [7, 11) is 4.12. The van der Waals surface area contributed by atoms with E-state index in [9.17, 15) is 0 Å². The van der Waals surface area contributed by atoms with Gasteiger partial charge in [0.25, 0.3) is 0 Å². The highest BCUT2D eigenvalue weighted by atomic mass is 16.5. The van der Waals surface area contributed by atoms with Crippen LogP contribution in [0.3, 0.4) is 0 Å². The lowest BCUT2D eigenvalue weighted by Gasteiger charge is -2.39. The molecule has 0 saturated carbocycles. The van der Waals surface area contributed by atoms with Gasteiger partial charge in [-0.15, -0.1) is 0 Å². The summed E-state index contributed by atoms with van der Waals surface area (Å²) in [6, 6.07) is 0. The van der Waals surface area contributed by atoms with Crippen LogP contribution in [0.5, 0.6) is 0 Å². The van der Waals surface area contributed by atoms with Crippen LogP contribution in [0.15, 0.2) is 0 Å². The van der Waals surface area contributed by atoms with Gasteiger partial charge in [0.1, 0.15) is 0 Å². The lowest BCUT2D eigenvalue weighted by Crippen LogP contribution is -2.44. The lowest BCUT2D eigenvalue weighted by atomic mass is 9.92. The van der Waals surface area contributed by atoms with Gasteiger partial charge in [0.05, 0.1) is 6.10 Å². The molecular weight excluding hydrogens is 286 g/mol. The minimum Gasteiger partial charge on any atom is -0.381 e. The molecule has 0 bridgehead atoms. The zero-order chi connectivity index (χ0) is 16.1. The number of nitrogens with zero attached hydrogens (tertiary/aromatic N) is 3. The normalized spacial score (nSPS) is 28.4. The number of hydrogen-bond acceptors (Lipinski definition) is 4. The van der Waals surface area contributed by atoms with E-state index < -0.39 is 0 Å². The van der Waals surface area contributed by atoms with E-state index in [-0.39, 0.29) is 0 Å². The molecule has 0 aromatic heterocycles. The third-order valence-electron chi connectivity index (χ3n) is 6.45. The molecule has 0 N–H and O–H groups in total. The summed E-state index contributed by atoms with van der Waals surface area (Å²) < 4.78 is 5.49. The SMILES string of the molecule is COC1CCN(CC2CCN(CC3CCN(C)CC3)CC2)CC1. The Balaban J connectivity index is 1.31. The Morgan fingerprint density at radius 2 is 1.13 bits per heavy atom. The first-order chi connectivity index (χ1) is 11.2. The van der Waals surface area contributed by atoms with Crippen molar-refractivity contribution in [1.29, 1.82) is 0 Å². The first kappa shape index (κ1) is 17.7. The van der Waals surface area contributed by atoms with E-state index in [1.807, 2.05) is 7.11 Å². The molecule has 3 fully saturated rings. The predicted molar refractivity (Wildman–Crippen MR) is 95.9 cm³/mol.